The van der Waals surface area contributed by atoms with Gasteiger partial charge in [0.1, 0.15) is 21.7 Å². The fourth-order valence-electron chi connectivity index (χ4n) is 5.22. The first kappa shape index (κ1) is 20.9. The van der Waals surface area contributed by atoms with Crippen molar-refractivity contribution in [3.05, 3.63) is 52.4 Å². The molecule has 3 aliphatic rings. The molecule has 3 fully saturated rings. The minimum Gasteiger partial charge on any atom is -0.456 e. The number of amides is 1. The van der Waals surface area contributed by atoms with Crippen molar-refractivity contribution in [2.24, 2.45) is 17.6 Å². The Morgan fingerprint density at radius 1 is 1.26 bits per heavy atom. The van der Waals surface area contributed by atoms with Crippen LogP contribution in [0.1, 0.15) is 43.4 Å². The molecule has 2 heterocycles. The maximum atomic E-state index is 13.3. The van der Waals surface area contributed by atoms with E-state index in [2.05, 4.69) is 0 Å². The smallest absolute Gasteiger partial charge is 0.266 e. The standard InChI is InChI=1S/C24H25FN2O2S2/c25-18-7-5-15(6-8-18)20-12-17(2-1-9-26)21(29-20)13-22-23(28)27(24(30)31-22)19-11-14-3-4-16(19)10-14/h5-8,12-14,16,19H,1-4,9-11,26H2. The van der Waals surface area contributed by atoms with Gasteiger partial charge in [0.05, 0.1) is 4.91 Å². The van der Waals surface area contributed by atoms with Crippen LogP contribution in [0.25, 0.3) is 17.4 Å². The van der Waals surface area contributed by atoms with Crippen molar-refractivity contribution >= 4 is 40.3 Å². The third-order valence-electron chi connectivity index (χ3n) is 6.74. The number of rotatable bonds is 6. The number of halogens is 1. The summed E-state index contributed by atoms with van der Waals surface area (Å²) in [5.74, 6) is 2.35. The van der Waals surface area contributed by atoms with E-state index in [-0.39, 0.29) is 17.8 Å². The van der Waals surface area contributed by atoms with Crippen LogP contribution >= 0.6 is 24.0 Å². The Morgan fingerprint density at radius 3 is 2.74 bits per heavy atom. The van der Waals surface area contributed by atoms with Gasteiger partial charge in [0, 0.05) is 17.7 Å². The molecule has 2 saturated carbocycles. The lowest BCUT2D eigenvalue weighted by atomic mass is 9.94. The van der Waals surface area contributed by atoms with Crippen molar-refractivity contribution in [2.75, 3.05) is 6.54 Å². The predicted octanol–water partition coefficient (Wildman–Crippen LogP) is 5.37. The van der Waals surface area contributed by atoms with Crippen LogP contribution in [0, 0.1) is 17.7 Å². The third-order valence-corrected chi connectivity index (χ3v) is 8.07. The fraction of sp³-hybridized carbons (Fsp3) is 0.417. The summed E-state index contributed by atoms with van der Waals surface area (Å²) in [6.07, 6.45) is 8.17. The van der Waals surface area contributed by atoms with Gasteiger partial charge in [-0.1, -0.05) is 30.4 Å². The molecule has 2 N–H and O–H groups in total. The molecule has 1 aromatic carbocycles. The Labute approximate surface area is 191 Å². The van der Waals surface area contributed by atoms with E-state index in [0.717, 1.165) is 36.3 Å². The summed E-state index contributed by atoms with van der Waals surface area (Å²) in [7, 11) is 0. The quantitative estimate of drug-likeness (QED) is 0.468. The van der Waals surface area contributed by atoms with Gasteiger partial charge in [0.25, 0.3) is 5.91 Å². The van der Waals surface area contributed by atoms with Crippen LogP contribution in [-0.4, -0.2) is 27.7 Å². The van der Waals surface area contributed by atoms with E-state index in [1.54, 1.807) is 12.1 Å². The fourth-order valence-corrected chi connectivity index (χ4v) is 6.57. The zero-order chi connectivity index (χ0) is 21.5. The largest absolute Gasteiger partial charge is 0.456 e. The highest BCUT2D eigenvalue weighted by molar-refractivity contribution is 8.26. The van der Waals surface area contributed by atoms with Gasteiger partial charge >= 0.3 is 0 Å². The Bertz CT molecular complexity index is 1050. The number of thioether (sulfide) groups is 1. The lowest BCUT2D eigenvalue weighted by Crippen LogP contribution is -2.41. The number of fused-ring (bicyclic) bond motifs is 2. The SMILES string of the molecule is NCCCc1cc(-c2ccc(F)cc2)oc1C=C1SC(=S)N(C2CC3CCC2C3)C1=O. The molecule has 3 atom stereocenters. The number of furan rings is 1. The second-order valence-electron chi connectivity index (χ2n) is 8.69. The summed E-state index contributed by atoms with van der Waals surface area (Å²) >= 11 is 6.97. The van der Waals surface area contributed by atoms with Crippen molar-refractivity contribution < 1.29 is 13.6 Å². The lowest BCUT2D eigenvalue weighted by Gasteiger charge is -2.30. The highest BCUT2D eigenvalue weighted by Crippen LogP contribution is 2.49. The number of carbonyl (C=O) groups excluding carboxylic acids is 1. The van der Waals surface area contributed by atoms with Gasteiger partial charge in [-0.25, -0.2) is 4.39 Å². The molecule has 2 aromatic rings. The molecule has 1 saturated heterocycles. The number of hydrogen-bond acceptors (Lipinski definition) is 5. The molecule has 0 spiro atoms. The third kappa shape index (κ3) is 3.99. The molecule has 2 aliphatic carbocycles. The maximum absolute atomic E-state index is 13.3. The van der Waals surface area contributed by atoms with Crippen molar-refractivity contribution in [2.45, 2.75) is 44.6 Å². The van der Waals surface area contributed by atoms with Crippen molar-refractivity contribution in [1.82, 2.24) is 4.90 Å². The highest BCUT2D eigenvalue weighted by atomic mass is 32.2. The molecule has 31 heavy (non-hydrogen) atoms. The number of thiocarbonyl (C=S) groups is 1. The van der Waals surface area contributed by atoms with E-state index in [0.29, 0.717) is 33.2 Å². The van der Waals surface area contributed by atoms with Gasteiger partial charge in [-0.2, -0.15) is 0 Å². The summed E-state index contributed by atoms with van der Waals surface area (Å²) in [6, 6.07) is 8.43. The van der Waals surface area contributed by atoms with Crippen LogP contribution in [0.2, 0.25) is 0 Å². The minimum absolute atomic E-state index is 0.00272. The zero-order valence-electron chi connectivity index (χ0n) is 17.2. The van der Waals surface area contributed by atoms with Gasteiger partial charge in [-0.15, -0.1) is 0 Å². The van der Waals surface area contributed by atoms with E-state index in [1.165, 1.54) is 43.2 Å². The number of nitrogens with zero attached hydrogens (tertiary/aromatic N) is 1. The summed E-state index contributed by atoms with van der Waals surface area (Å²) in [4.78, 5) is 15.7. The molecule has 1 amide bonds. The molecule has 2 bridgehead atoms. The molecule has 4 nitrogen and oxygen atoms in total. The van der Waals surface area contributed by atoms with Gasteiger partial charge in [-0.3, -0.25) is 9.69 Å². The molecular weight excluding hydrogens is 431 g/mol. The second kappa shape index (κ2) is 8.52. The van der Waals surface area contributed by atoms with Crippen molar-refractivity contribution in [3.63, 3.8) is 0 Å². The Morgan fingerprint density at radius 2 is 2.06 bits per heavy atom. The Balaban J connectivity index is 1.44. The maximum Gasteiger partial charge on any atom is 0.266 e. The van der Waals surface area contributed by atoms with Gasteiger partial charge < -0.3 is 10.2 Å². The van der Waals surface area contributed by atoms with Crippen molar-refractivity contribution in [3.8, 4) is 11.3 Å². The average Bonchev–Trinajstić information content (AvgIpc) is 3.52. The summed E-state index contributed by atoms with van der Waals surface area (Å²) in [5.41, 5.74) is 7.50. The number of carbonyl (C=O) groups is 1. The summed E-state index contributed by atoms with van der Waals surface area (Å²) in [5, 5.41) is 0. The summed E-state index contributed by atoms with van der Waals surface area (Å²) in [6.45, 7) is 0.572. The van der Waals surface area contributed by atoms with Crippen LogP contribution in [0.5, 0.6) is 0 Å². The minimum atomic E-state index is -0.289. The predicted molar refractivity (Wildman–Crippen MR) is 126 cm³/mol. The van der Waals surface area contributed by atoms with Gasteiger partial charge in [0.15, 0.2) is 0 Å². The number of aryl methyl sites for hydroxylation is 1. The van der Waals surface area contributed by atoms with E-state index in [4.69, 9.17) is 22.4 Å². The van der Waals surface area contributed by atoms with Crippen molar-refractivity contribution in [1.29, 1.82) is 0 Å². The second-order valence-corrected chi connectivity index (χ2v) is 10.4. The monoisotopic (exact) mass is 456 g/mol. The summed E-state index contributed by atoms with van der Waals surface area (Å²) < 4.78 is 20.1. The number of hydrogen-bond donors (Lipinski definition) is 1. The van der Waals surface area contributed by atoms with Gasteiger partial charge in [-0.05, 0) is 86.4 Å². The molecule has 1 aromatic heterocycles. The van der Waals surface area contributed by atoms with Crippen LogP contribution in [0.15, 0.2) is 39.7 Å². The van der Waals surface area contributed by atoms with E-state index >= 15 is 0 Å². The molecule has 0 radical (unpaired) electrons. The highest BCUT2D eigenvalue weighted by Gasteiger charge is 2.48. The van der Waals surface area contributed by atoms with Crippen LogP contribution in [0.4, 0.5) is 4.39 Å². The number of benzene rings is 1. The molecule has 3 unspecified atom stereocenters. The molecule has 1 aliphatic heterocycles. The van der Waals surface area contributed by atoms with E-state index < -0.39 is 0 Å². The normalized spacial score (nSPS) is 26.6. The molecular formula is C24H25FN2O2S2. The average molecular weight is 457 g/mol. The molecule has 5 rings (SSSR count). The molecule has 162 valence electrons. The first-order valence-electron chi connectivity index (χ1n) is 10.9. The topological polar surface area (TPSA) is 59.5 Å². The lowest BCUT2D eigenvalue weighted by molar-refractivity contribution is -0.124. The first-order chi connectivity index (χ1) is 15.0. The van der Waals surface area contributed by atoms with E-state index in [9.17, 15) is 9.18 Å². The van der Waals surface area contributed by atoms with Crippen LogP contribution in [0.3, 0.4) is 0 Å². The first-order valence-corrected chi connectivity index (χ1v) is 12.1. The van der Waals surface area contributed by atoms with Crippen LogP contribution < -0.4 is 5.73 Å². The zero-order valence-corrected chi connectivity index (χ0v) is 18.8. The van der Waals surface area contributed by atoms with Gasteiger partial charge in [0.2, 0.25) is 0 Å². The Kier molecular flexibility index (Phi) is 5.75. The molecule has 7 heteroatoms. The number of nitrogens with two attached hydrogens (primary N) is 1. The van der Waals surface area contributed by atoms with E-state index in [1.807, 2.05) is 17.0 Å². The van der Waals surface area contributed by atoms with Crippen LogP contribution in [-0.2, 0) is 11.2 Å². The Hall–Kier alpha value is -1.96.